The molecule has 2 rings (SSSR count). The summed E-state index contributed by atoms with van der Waals surface area (Å²) in [6, 6.07) is 8.13. The van der Waals surface area contributed by atoms with Gasteiger partial charge < -0.3 is 15.4 Å². The van der Waals surface area contributed by atoms with Gasteiger partial charge in [0.1, 0.15) is 0 Å². The smallest absolute Gasteiger partial charge is 0.0600 e. The molecule has 0 radical (unpaired) electrons. The molecule has 21 heavy (non-hydrogen) atoms. The minimum atomic E-state index is 0.727. The first-order chi connectivity index (χ1) is 10.2. The van der Waals surface area contributed by atoms with Crippen molar-refractivity contribution in [3.63, 3.8) is 0 Å². The third kappa shape index (κ3) is 5.21. The van der Waals surface area contributed by atoms with Gasteiger partial charge in [-0.25, -0.2) is 0 Å². The lowest BCUT2D eigenvalue weighted by Crippen LogP contribution is -2.47. The number of nitrogens with zero attached hydrogens (tertiary/aromatic N) is 2. The van der Waals surface area contributed by atoms with Crippen LogP contribution in [0.15, 0.2) is 24.3 Å². The van der Waals surface area contributed by atoms with Gasteiger partial charge in [-0.1, -0.05) is 26.0 Å². The maximum Gasteiger partial charge on any atom is 0.0600 e. The van der Waals surface area contributed by atoms with Crippen molar-refractivity contribution in [3.8, 4) is 0 Å². The Bertz CT molecular complexity index is 414. The van der Waals surface area contributed by atoms with E-state index in [4.69, 9.17) is 10.5 Å². The molecule has 118 valence electrons. The Kier molecular flexibility index (Phi) is 6.33. The fraction of sp³-hybridized carbons (Fsp3) is 0.647. The second kappa shape index (κ2) is 8.25. The molecule has 1 aliphatic heterocycles. The molecule has 4 heteroatoms. The average Bonchev–Trinajstić information content (AvgIpc) is 2.48. The number of para-hydroxylation sites is 2. The highest BCUT2D eigenvalue weighted by molar-refractivity contribution is 5.67. The van der Waals surface area contributed by atoms with E-state index in [1.165, 1.54) is 5.69 Å². The lowest BCUT2D eigenvalue weighted by molar-refractivity contribution is 0.0942. The molecule has 1 aromatic carbocycles. The van der Waals surface area contributed by atoms with Crippen LogP contribution < -0.4 is 10.6 Å². The van der Waals surface area contributed by atoms with Crippen LogP contribution in [0.3, 0.4) is 0 Å². The van der Waals surface area contributed by atoms with E-state index < -0.39 is 0 Å². The highest BCUT2D eigenvalue weighted by atomic mass is 16.5. The van der Waals surface area contributed by atoms with Gasteiger partial charge >= 0.3 is 0 Å². The zero-order valence-electron chi connectivity index (χ0n) is 13.4. The first-order valence-corrected chi connectivity index (χ1v) is 8.06. The molecule has 1 aliphatic rings. The molecular weight excluding hydrogens is 262 g/mol. The summed E-state index contributed by atoms with van der Waals surface area (Å²) >= 11 is 0. The second-order valence-electron chi connectivity index (χ2n) is 6.18. The van der Waals surface area contributed by atoms with Crippen molar-refractivity contribution in [2.24, 2.45) is 5.92 Å². The Morgan fingerprint density at radius 3 is 2.48 bits per heavy atom. The lowest BCUT2D eigenvalue weighted by Gasteiger charge is -2.36. The molecule has 0 amide bonds. The average molecular weight is 291 g/mol. The molecule has 0 atom stereocenters. The molecule has 0 unspecified atom stereocenters. The van der Waals surface area contributed by atoms with Crippen LogP contribution in [-0.4, -0.2) is 50.8 Å². The number of hydrogen-bond acceptors (Lipinski definition) is 4. The molecule has 1 aromatic rings. The topological polar surface area (TPSA) is 41.7 Å². The first kappa shape index (κ1) is 16.1. The summed E-state index contributed by atoms with van der Waals surface area (Å²) in [5.41, 5.74) is 8.10. The normalized spacial score (nSPS) is 16.6. The van der Waals surface area contributed by atoms with Crippen molar-refractivity contribution in [2.75, 3.05) is 56.6 Å². The van der Waals surface area contributed by atoms with E-state index in [9.17, 15) is 0 Å². The number of nitrogen functional groups attached to an aromatic ring is 1. The van der Waals surface area contributed by atoms with Crippen molar-refractivity contribution in [1.29, 1.82) is 0 Å². The fourth-order valence-electron chi connectivity index (χ4n) is 2.60. The van der Waals surface area contributed by atoms with Gasteiger partial charge in [0.25, 0.3) is 0 Å². The van der Waals surface area contributed by atoms with Gasteiger partial charge in [-0.2, -0.15) is 0 Å². The molecule has 1 saturated heterocycles. The maximum atomic E-state index is 6.05. The highest BCUT2D eigenvalue weighted by Crippen LogP contribution is 2.23. The Hall–Kier alpha value is -1.26. The van der Waals surface area contributed by atoms with Crippen LogP contribution in [-0.2, 0) is 4.74 Å². The Morgan fingerprint density at radius 2 is 1.81 bits per heavy atom. The minimum Gasteiger partial charge on any atom is -0.397 e. The molecule has 2 N–H and O–H groups in total. The molecule has 0 aromatic heterocycles. The molecule has 0 spiro atoms. The van der Waals surface area contributed by atoms with E-state index in [0.29, 0.717) is 0 Å². The number of benzene rings is 1. The quantitative estimate of drug-likeness (QED) is 0.619. The summed E-state index contributed by atoms with van der Waals surface area (Å²) in [4.78, 5) is 4.86. The summed E-state index contributed by atoms with van der Waals surface area (Å²) in [6.45, 7) is 11.5. The van der Waals surface area contributed by atoms with Crippen LogP contribution >= 0.6 is 0 Å². The van der Waals surface area contributed by atoms with Crippen molar-refractivity contribution < 1.29 is 4.74 Å². The minimum absolute atomic E-state index is 0.727. The van der Waals surface area contributed by atoms with Crippen LogP contribution in [0.1, 0.15) is 20.3 Å². The largest absolute Gasteiger partial charge is 0.397 e. The van der Waals surface area contributed by atoms with Crippen LogP contribution in [0, 0.1) is 5.92 Å². The SMILES string of the molecule is CC(C)CCOCCN1CCN(c2ccccc2N)CC1. The van der Waals surface area contributed by atoms with Crippen molar-refractivity contribution in [1.82, 2.24) is 4.90 Å². The molecule has 0 bridgehead atoms. The van der Waals surface area contributed by atoms with Crippen molar-refractivity contribution >= 4 is 11.4 Å². The summed E-state index contributed by atoms with van der Waals surface area (Å²) in [5.74, 6) is 0.727. The zero-order chi connectivity index (χ0) is 15.1. The predicted molar refractivity (Wildman–Crippen MR) is 89.8 cm³/mol. The van der Waals surface area contributed by atoms with Gasteiger partial charge in [0.2, 0.25) is 0 Å². The number of ether oxygens (including phenoxy) is 1. The van der Waals surface area contributed by atoms with Crippen LogP contribution in [0.4, 0.5) is 11.4 Å². The third-order valence-electron chi connectivity index (χ3n) is 4.04. The van der Waals surface area contributed by atoms with E-state index in [2.05, 4.69) is 35.8 Å². The summed E-state index contributed by atoms with van der Waals surface area (Å²) in [6.07, 6.45) is 1.15. The number of rotatable bonds is 7. The highest BCUT2D eigenvalue weighted by Gasteiger charge is 2.17. The number of hydrogen-bond donors (Lipinski definition) is 1. The van der Waals surface area contributed by atoms with Gasteiger partial charge in [0.15, 0.2) is 0 Å². The van der Waals surface area contributed by atoms with Crippen molar-refractivity contribution in [3.05, 3.63) is 24.3 Å². The monoisotopic (exact) mass is 291 g/mol. The fourth-order valence-corrected chi connectivity index (χ4v) is 2.60. The first-order valence-electron chi connectivity index (χ1n) is 8.06. The van der Waals surface area contributed by atoms with Crippen molar-refractivity contribution in [2.45, 2.75) is 20.3 Å². The zero-order valence-corrected chi connectivity index (χ0v) is 13.4. The summed E-state index contributed by atoms with van der Waals surface area (Å²) in [7, 11) is 0. The number of piperazine rings is 1. The Labute approximate surface area is 128 Å². The predicted octanol–water partition coefficient (Wildman–Crippen LogP) is 2.45. The van der Waals surface area contributed by atoms with E-state index in [1.807, 2.05) is 12.1 Å². The van der Waals surface area contributed by atoms with Gasteiger partial charge in [0, 0.05) is 39.3 Å². The lowest BCUT2D eigenvalue weighted by atomic mass is 10.1. The van der Waals surface area contributed by atoms with E-state index in [1.54, 1.807) is 0 Å². The maximum absolute atomic E-state index is 6.05. The van der Waals surface area contributed by atoms with Gasteiger partial charge in [-0.3, -0.25) is 4.90 Å². The molecule has 1 fully saturated rings. The molecular formula is C17H29N3O. The summed E-state index contributed by atoms with van der Waals surface area (Å²) < 4.78 is 5.70. The van der Waals surface area contributed by atoms with Crippen LogP contribution in [0.5, 0.6) is 0 Å². The van der Waals surface area contributed by atoms with Gasteiger partial charge in [-0.15, -0.1) is 0 Å². The number of anilines is 2. The van der Waals surface area contributed by atoms with Crippen LogP contribution in [0.25, 0.3) is 0 Å². The Balaban J connectivity index is 1.66. The third-order valence-corrected chi connectivity index (χ3v) is 4.04. The summed E-state index contributed by atoms with van der Waals surface area (Å²) in [5, 5.41) is 0. The van der Waals surface area contributed by atoms with Gasteiger partial charge in [-0.05, 0) is 24.5 Å². The standard InChI is InChI=1S/C17H29N3O/c1-15(2)7-13-21-14-12-19-8-10-20(11-9-19)17-6-4-3-5-16(17)18/h3-6,15H,7-14,18H2,1-2H3. The molecule has 1 heterocycles. The molecule has 0 saturated carbocycles. The van der Waals surface area contributed by atoms with E-state index >= 15 is 0 Å². The second-order valence-corrected chi connectivity index (χ2v) is 6.18. The van der Waals surface area contributed by atoms with Gasteiger partial charge in [0.05, 0.1) is 18.0 Å². The number of nitrogens with two attached hydrogens (primary N) is 1. The van der Waals surface area contributed by atoms with Crippen LogP contribution in [0.2, 0.25) is 0 Å². The Morgan fingerprint density at radius 1 is 1.10 bits per heavy atom. The molecule has 4 nitrogen and oxygen atoms in total. The van der Waals surface area contributed by atoms with E-state index in [0.717, 1.165) is 64.0 Å². The van der Waals surface area contributed by atoms with E-state index in [-0.39, 0.29) is 0 Å². The molecule has 0 aliphatic carbocycles.